The van der Waals surface area contributed by atoms with Gasteiger partial charge in [-0.1, -0.05) is 24.3 Å². The topological polar surface area (TPSA) is 21.3 Å². The Morgan fingerprint density at radius 3 is 2.50 bits per heavy atom. The van der Waals surface area contributed by atoms with Crippen LogP contribution in [-0.2, 0) is 17.9 Å². The van der Waals surface area contributed by atoms with Crippen LogP contribution in [0.5, 0.6) is 0 Å². The summed E-state index contributed by atoms with van der Waals surface area (Å²) in [5.41, 5.74) is 3.98. The summed E-state index contributed by atoms with van der Waals surface area (Å²) in [6.07, 6.45) is 0. The van der Waals surface area contributed by atoms with Crippen LogP contribution in [0.3, 0.4) is 0 Å². The summed E-state index contributed by atoms with van der Waals surface area (Å²) < 4.78 is 5.26. The lowest BCUT2D eigenvalue weighted by Crippen LogP contribution is -2.19. The van der Waals surface area contributed by atoms with Crippen LogP contribution in [0.4, 0.5) is 0 Å². The first-order valence-corrected chi connectivity index (χ1v) is 7.79. The lowest BCUT2D eigenvalue weighted by Gasteiger charge is -2.16. The molecule has 0 radical (unpaired) electrons. The van der Waals surface area contributed by atoms with Crippen LogP contribution in [-0.4, -0.2) is 7.11 Å². The van der Waals surface area contributed by atoms with Crippen molar-refractivity contribution in [3.8, 4) is 0 Å². The van der Waals surface area contributed by atoms with Gasteiger partial charge in [-0.25, -0.2) is 0 Å². The highest BCUT2D eigenvalue weighted by atomic mass is 32.1. The van der Waals surface area contributed by atoms with Gasteiger partial charge in [-0.05, 0) is 43.5 Å². The molecule has 0 bridgehead atoms. The molecule has 1 N–H and O–H groups in total. The molecule has 0 aliphatic rings. The SMILES string of the molecule is COCc1ccccc1CNC(C)c1cc(C)sc1C. The van der Waals surface area contributed by atoms with E-state index in [0.29, 0.717) is 12.6 Å². The van der Waals surface area contributed by atoms with Gasteiger partial charge in [0.2, 0.25) is 0 Å². The van der Waals surface area contributed by atoms with Crippen molar-refractivity contribution in [1.82, 2.24) is 5.32 Å². The molecular weight excluding hydrogens is 266 g/mol. The van der Waals surface area contributed by atoms with Gasteiger partial charge in [0.25, 0.3) is 0 Å². The molecule has 1 unspecified atom stereocenters. The number of hydrogen-bond acceptors (Lipinski definition) is 3. The third-order valence-electron chi connectivity index (χ3n) is 3.56. The number of methoxy groups -OCH3 is 1. The van der Waals surface area contributed by atoms with Crippen LogP contribution in [0.1, 0.15) is 39.4 Å². The first-order valence-electron chi connectivity index (χ1n) is 6.98. The molecule has 0 saturated carbocycles. The standard InChI is InChI=1S/C17H23NOS/c1-12-9-17(14(3)20-12)13(2)18-10-15-7-5-6-8-16(15)11-19-4/h5-9,13,18H,10-11H2,1-4H3. The maximum atomic E-state index is 5.26. The minimum atomic E-state index is 0.371. The lowest BCUT2D eigenvalue weighted by molar-refractivity contribution is 0.184. The number of aryl methyl sites for hydroxylation is 2. The second kappa shape index (κ2) is 7.02. The van der Waals surface area contributed by atoms with Gasteiger partial charge in [-0.15, -0.1) is 11.3 Å². The summed E-state index contributed by atoms with van der Waals surface area (Å²) in [5, 5.41) is 3.62. The molecule has 0 aliphatic carbocycles. The molecule has 0 spiro atoms. The number of rotatable bonds is 6. The van der Waals surface area contributed by atoms with E-state index in [1.165, 1.54) is 26.4 Å². The van der Waals surface area contributed by atoms with Crippen molar-refractivity contribution >= 4 is 11.3 Å². The predicted octanol–water partition coefficient (Wildman–Crippen LogP) is 4.36. The molecular formula is C17H23NOS. The molecule has 1 aromatic carbocycles. The molecule has 2 nitrogen and oxygen atoms in total. The van der Waals surface area contributed by atoms with E-state index in [1.807, 2.05) is 11.3 Å². The summed E-state index contributed by atoms with van der Waals surface area (Å²) in [7, 11) is 1.74. The van der Waals surface area contributed by atoms with Gasteiger partial charge in [0.05, 0.1) is 6.61 Å². The van der Waals surface area contributed by atoms with Gasteiger partial charge < -0.3 is 10.1 Å². The fraction of sp³-hybridized carbons (Fsp3) is 0.412. The zero-order valence-electron chi connectivity index (χ0n) is 12.7. The molecule has 1 aromatic heterocycles. The maximum absolute atomic E-state index is 5.26. The average molecular weight is 289 g/mol. The van der Waals surface area contributed by atoms with Gasteiger partial charge in [0.1, 0.15) is 0 Å². The van der Waals surface area contributed by atoms with Crippen LogP contribution in [0, 0.1) is 13.8 Å². The van der Waals surface area contributed by atoms with E-state index >= 15 is 0 Å². The first kappa shape index (κ1) is 15.2. The number of benzene rings is 1. The Bertz CT molecular complexity index is 562. The summed E-state index contributed by atoms with van der Waals surface area (Å²) >= 11 is 1.87. The van der Waals surface area contributed by atoms with Crippen molar-refractivity contribution in [2.24, 2.45) is 0 Å². The Balaban J connectivity index is 2.03. The minimum Gasteiger partial charge on any atom is -0.380 e. The predicted molar refractivity (Wildman–Crippen MR) is 86.2 cm³/mol. The minimum absolute atomic E-state index is 0.371. The quantitative estimate of drug-likeness (QED) is 0.853. The third kappa shape index (κ3) is 3.69. The monoisotopic (exact) mass is 289 g/mol. The van der Waals surface area contributed by atoms with Crippen molar-refractivity contribution in [3.05, 3.63) is 56.8 Å². The number of nitrogens with one attached hydrogen (secondary N) is 1. The van der Waals surface area contributed by atoms with Crippen molar-refractivity contribution in [2.45, 2.75) is 40.0 Å². The molecule has 108 valence electrons. The Morgan fingerprint density at radius 1 is 1.20 bits per heavy atom. The van der Waals surface area contributed by atoms with Crippen LogP contribution >= 0.6 is 11.3 Å². The van der Waals surface area contributed by atoms with Crippen molar-refractivity contribution in [3.63, 3.8) is 0 Å². The van der Waals surface area contributed by atoms with Crippen molar-refractivity contribution < 1.29 is 4.74 Å². The number of ether oxygens (including phenoxy) is 1. The van der Waals surface area contributed by atoms with E-state index in [0.717, 1.165) is 6.54 Å². The molecule has 1 heterocycles. The number of thiophene rings is 1. The van der Waals surface area contributed by atoms with Crippen LogP contribution < -0.4 is 5.32 Å². The zero-order valence-corrected chi connectivity index (χ0v) is 13.5. The lowest BCUT2D eigenvalue weighted by atomic mass is 10.1. The van der Waals surface area contributed by atoms with Gasteiger partial charge >= 0.3 is 0 Å². The summed E-state index contributed by atoms with van der Waals surface area (Å²) in [6, 6.07) is 11.1. The summed E-state index contributed by atoms with van der Waals surface area (Å²) in [4.78, 5) is 2.79. The molecule has 0 saturated heterocycles. The Morgan fingerprint density at radius 2 is 1.90 bits per heavy atom. The normalized spacial score (nSPS) is 12.6. The van der Waals surface area contributed by atoms with Crippen LogP contribution in [0.25, 0.3) is 0 Å². The van der Waals surface area contributed by atoms with E-state index in [2.05, 4.69) is 56.4 Å². The maximum Gasteiger partial charge on any atom is 0.0716 e. The van der Waals surface area contributed by atoms with Gasteiger partial charge in [-0.2, -0.15) is 0 Å². The second-order valence-electron chi connectivity index (χ2n) is 5.17. The molecule has 0 aliphatic heterocycles. The van der Waals surface area contributed by atoms with E-state index in [4.69, 9.17) is 4.74 Å². The highest BCUT2D eigenvalue weighted by Gasteiger charge is 2.11. The first-order chi connectivity index (χ1) is 9.61. The fourth-order valence-electron chi connectivity index (χ4n) is 2.48. The fourth-order valence-corrected chi connectivity index (χ4v) is 3.50. The Kier molecular flexibility index (Phi) is 5.35. The molecule has 20 heavy (non-hydrogen) atoms. The Labute approximate surface area is 125 Å². The van der Waals surface area contributed by atoms with Gasteiger partial charge in [-0.3, -0.25) is 0 Å². The van der Waals surface area contributed by atoms with E-state index in [-0.39, 0.29) is 0 Å². The zero-order chi connectivity index (χ0) is 14.5. The van der Waals surface area contributed by atoms with E-state index in [9.17, 15) is 0 Å². The average Bonchev–Trinajstić information content (AvgIpc) is 2.77. The third-order valence-corrected chi connectivity index (χ3v) is 4.54. The molecule has 3 heteroatoms. The summed E-state index contributed by atoms with van der Waals surface area (Å²) in [6.45, 7) is 8.14. The molecule has 1 atom stereocenters. The molecule has 2 rings (SSSR count). The second-order valence-corrected chi connectivity index (χ2v) is 6.63. The van der Waals surface area contributed by atoms with Gasteiger partial charge in [0.15, 0.2) is 0 Å². The summed E-state index contributed by atoms with van der Waals surface area (Å²) in [5.74, 6) is 0. The number of hydrogen-bond donors (Lipinski definition) is 1. The van der Waals surface area contributed by atoms with Gasteiger partial charge in [0, 0.05) is 29.5 Å². The largest absolute Gasteiger partial charge is 0.380 e. The van der Waals surface area contributed by atoms with E-state index < -0.39 is 0 Å². The van der Waals surface area contributed by atoms with Crippen LogP contribution in [0.2, 0.25) is 0 Å². The van der Waals surface area contributed by atoms with Crippen molar-refractivity contribution in [1.29, 1.82) is 0 Å². The molecule has 2 aromatic rings. The smallest absolute Gasteiger partial charge is 0.0716 e. The highest BCUT2D eigenvalue weighted by Crippen LogP contribution is 2.26. The molecule has 0 amide bonds. The molecule has 0 fully saturated rings. The van der Waals surface area contributed by atoms with E-state index in [1.54, 1.807) is 7.11 Å². The highest BCUT2D eigenvalue weighted by molar-refractivity contribution is 7.12. The Hall–Kier alpha value is -1.16. The van der Waals surface area contributed by atoms with Crippen molar-refractivity contribution in [2.75, 3.05) is 7.11 Å². The van der Waals surface area contributed by atoms with Crippen LogP contribution in [0.15, 0.2) is 30.3 Å².